The van der Waals surface area contributed by atoms with Gasteiger partial charge >= 0.3 is 0 Å². The maximum atomic E-state index is 12.7. The molecule has 0 bridgehead atoms. The number of anilines is 1. The summed E-state index contributed by atoms with van der Waals surface area (Å²) in [5.41, 5.74) is 1.38. The molecule has 35 heavy (non-hydrogen) atoms. The van der Waals surface area contributed by atoms with Gasteiger partial charge in [-0.3, -0.25) is 19.7 Å². The van der Waals surface area contributed by atoms with Gasteiger partial charge in [-0.05, 0) is 38.0 Å². The Morgan fingerprint density at radius 2 is 1.86 bits per heavy atom. The van der Waals surface area contributed by atoms with Crippen LogP contribution in [0.1, 0.15) is 48.6 Å². The quantitative estimate of drug-likeness (QED) is 0.242. The number of nitrogens with one attached hydrogen (secondary N) is 2. The maximum absolute atomic E-state index is 12.7. The zero-order valence-electron chi connectivity index (χ0n) is 20.0. The van der Waals surface area contributed by atoms with Crippen LogP contribution in [0, 0.1) is 23.0 Å². The third-order valence-electron chi connectivity index (χ3n) is 5.35. The number of aryl methyl sites for hydroxylation is 1. The van der Waals surface area contributed by atoms with Crippen molar-refractivity contribution in [3.63, 3.8) is 0 Å². The van der Waals surface area contributed by atoms with Crippen LogP contribution in [0.5, 0.6) is 0 Å². The molecule has 3 aromatic rings. The van der Waals surface area contributed by atoms with Crippen molar-refractivity contribution in [1.29, 1.82) is 0 Å². The molecule has 2 amide bonds. The summed E-state index contributed by atoms with van der Waals surface area (Å²) in [4.78, 5) is 35.9. The molecule has 0 radical (unpaired) electrons. The lowest BCUT2D eigenvalue weighted by Crippen LogP contribution is -2.33. The molecule has 3 rings (SSSR count). The summed E-state index contributed by atoms with van der Waals surface area (Å²) in [6.07, 6.45) is 0. The van der Waals surface area contributed by atoms with E-state index in [9.17, 15) is 19.7 Å². The third-order valence-corrected chi connectivity index (χ3v) is 6.32. The van der Waals surface area contributed by atoms with E-state index in [2.05, 4.69) is 20.8 Å². The monoisotopic (exact) mass is 496 g/mol. The molecule has 2 N–H and O–H groups in total. The van der Waals surface area contributed by atoms with Gasteiger partial charge in [0, 0.05) is 29.4 Å². The first-order chi connectivity index (χ1) is 16.7. The van der Waals surface area contributed by atoms with Gasteiger partial charge in [0.15, 0.2) is 11.0 Å². The number of carbonyl (C=O) groups excluding carboxylic acids is 2. The van der Waals surface area contributed by atoms with Gasteiger partial charge in [0.1, 0.15) is 0 Å². The van der Waals surface area contributed by atoms with Gasteiger partial charge in [0.25, 0.3) is 11.6 Å². The Labute approximate surface area is 207 Å². The largest absolute Gasteiger partial charge is 0.342 e. The predicted molar refractivity (Wildman–Crippen MR) is 134 cm³/mol. The minimum absolute atomic E-state index is 0.0442. The van der Waals surface area contributed by atoms with Crippen molar-refractivity contribution in [2.24, 2.45) is 5.92 Å². The van der Waals surface area contributed by atoms with E-state index in [1.54, 1.807) is 31.2 Å². The van der Waals surface area contributed by atoms with Gasteiger partial charge < -0.3 is 15.2 Å². The molecule has 0 saturated carbocycles. The summed E-state index contributed by atoms with van der Waals surface area (Å²) in [6, 6.07) is 13.2. The van der Waals surface area contributed by atoms with Crippen LogP contribution in [0.2, 0.25) is 0 Å². The minimum Gasteiger partial charge on any atom is -0.342 e. The number of amides is 2. The predicted octanol–water partition coefficient (Wildman–Crippen LogP) is 4.37. The number of rotatable bonds is 10. The van der Waals surface area contributed by atoms with Crippen molar-refractivity contribution >= 4 is 35.0 Å². The summed E-state index contributed by atoms with van der Waals surface area (Å²) in [5.74, 6) is 0.191. The van der Waals surface area contributed by atoms with Crippen molar-refractivity contribution < 1.29 is 14.5 Å². The van der Waals surface area contributed by atoms with Crippen molar-refractivity contribution in [2.75, 3.05) is 11.1 Å². The molecule has 1 heterocycles. The van der Waals surface area contributed by atoms with Crippen LogP contribution in [-0.2, 0) is 11.3 Å². The number of benzene rings is 2. The Morgan fingerprint density at radius 3 is 2.49 bits per heavy atom. The maximum Gasteiger partial charge on any atom is 0.274 e. The van der Waals surface area contributed by atoms with Crippen molar-refractivity contribution in [1.82, 2.24) is 20.1 Å². The van der Waals surface area contributed by atoms with Crippen LogP contribution in [0.25, 0.3) is 0 Å². The Balaban J connectivity index is 1.70. The topological polar surface area (TPSA) is 132 Å². The van der Waals surface area contributed by atoms with Crippen molar-refractivity contribution in [3.05, 3.63) is 75.6 Å². The molecule has 0 saturated heterocycles. The number of thioether (sulfide) groups is 1. The summed E-state index contributed by atoms with van der Waals surface area (Å²) >= 11 is 1.21. The number of carbonyl (C=O) groups is 2. The van der Waals surface area contributed by atoms with Gasteiger partial charge in [-0.15, -0.1) is 10.2 Å². The first kappa shape index (κ1) is 25.9. The normalized spacial score (nSPS) is 11.8. The second-order valence-corrected chi connectivity index (χ2v) is 9.18. The van der Waals surface area contributed by atoms with E-state index in [0.717, 1.165) is 0 Å². The van der Waals surface area contributed by atoms with Crippen LogP contribution in [0.4, 0.5) is 11.4 Å². The van der Waals surface area contributed by atoms with Crippen molar-refractivity contribution in [2.45, 2.75) is 45.4 Å². The van der Waals surface area contributed by atoms with Gasteiger partial charge in [0.2, 0.25) is 5.91 Å². The molecule has 0 aliphatic carbocycles. The summed E-state index contributed by atoms with van der Waals surface area (Å²) < 4.78 is 1.88. The van der Waals surface area contributed by atoms with Gasteiger partial charge in [-0.1, -0.05) is 49.9 Å². The molecular weight excluding hydrogens is 468 g/mol. The average Bonchev–Trinajstić information content (AvgIpc) is 3.24. The SMILES string of the molecule is CCn1c(SCC(=O)Nc2ccc(C)c([N+](=O)[O-])c2)nnc1[C@@H](NC(=O)c1ccccc1)C(C)C. The Kier molecular flexibility index (Phi) is 8.58. The molecule has 11 heteroatoms. The molecule has 184 valence electrons. The standard InChI is InChI=1S/C24H28N6O4S/c1-5-29-22(21(15(2)3)26-23(32)17-9-7-6-8-10-17)27-28-24(29)35-14-20(31)25-18-12-11-16(4)19(13-18)30(33)34/h6-13,15,21H,5,14H2,1-4H3,(H,25,31)(H,26,32)/t21-/m0/s1. The number of hydrogen-bond acceptors (Lipinski definition) is 7. The van der Waals surface area contributed by atoms with E-state index < -0.39 is 4.92 Å². The Hall–Kier alpha value is -3.73. The Morgan fingerprint density at radius 1 is 1.14 bits per heavy atom. The molecule has 1 aromatic heterocycles. The first-order valence-electron chi connectivity index (χ1n) is 11.2. The fraction of sp³-hybridized carbons (Fsp3) is 0.333. The van der Waals surface area contributed by atoms with Gasteiger partial charge in [-0.25, -0.2) is 0 Å². The lowest BCUT2D eigenvalue weighted by atomic mass is 10.0. The smallest absolute Gasteiger partial charge is 0.274 e. The summed E-state index contributed by atoms with van der Waals surface area (Å²) in [6.45, 7) is 8.12. The molecule has 0 aliphatic heterocycles. The van der Waals surface area contributed by atoms with E-state index >= 15 is 0 Å². The molecule has 10 nitrogen and oxygen atoms in total. The van der Waals surface area contributed by atoms with Crippen LogP contribution < -0.4 is 10.6 Å². The van der Waals surface area contributed by atoms with Crippen LogP contribution in [-0.4, -0.2) is 37.3 Å². The third kappa shape index (κ3) is 6.44. The lowest BCUT2D eigenvalue weighted by molar-refractivity contribution is -0.385. The summed E-state index contributed by atoms with van der Waals surface area (Å²) in [7, 11) is 0. The van der Waals surface area contributed by atoms with E-state index in [4.69, 9.17) is 0 Å². The lowest BCUT2D eigenvalue weighted by Gasteiger charge is -2.22. The van der Waals surface area contributed by atoms with E-state index in [0.29, 0.717) is 34.3 Å². The highest BCUT2D eigenvalue weighted by molar-refractivity contribution is 7.99. The van der Waals surface area contributed by atoms with E-state index in [1.165, 1.54) is 17.8 Å². The zero-order valence-corrected chi connectivity index (χ0v) is 20.8. The number of hydrogen-bond donors (Lipinski definition) is 2. The molecule has 0 aliphatic rings. The molecule has 2 aromatic carbocycles. The number of nitro groups is 1. The minimum atomic E-state index is -0.479. The average molecular weight is 497 g/mol. The van der Waals surface area contributed by atoms with E-state index in [1.807, 2.05) is 43.5 Å². The highest BCUT2D eigenvalue weighted by atomic mass is 32.2. The van der Waals surface area contributed by atoms with Crippen molar-refractivity contribution in [3.8, 4) is 0 Å². The highest BCUT2D eigenvalue weighted by Gasteiger charge is 2.26. The highest BCUT2D eigenvalue weighted by Crippen LogP contribution is 2.26. The zero-order chi connectivity index (χ0) is 25.5. The first-order valence-corrected chi connectivity index (χ1v) is 12.2. The van der Waals surface area contributed by atoms with Crippen LogP contribution in [0.3, 0.4) is 0 Å². The Bertz CT molecular complexity index is 1210. The molecule has 1 atom stereocenters. The number of aromatic nitrogens is 3. The van der Waals surface area contributed by atoms with Crippen LogP contribution in [0.15, 0.2) is 53.7 Å². The van der Waals surface area contributed by atoms with Gasteiger partial charge in [0.05, 0.1) is 16.7 Å². The molecular formula is C24H28N6O4S. The van der Waals surface area contributed by atoms with Gasteiger partial charge in [-0.2, -0.15) is 0 Å². The van der Waals surface area contributed by atoms with Crippen LogP contribution >= 0.6 is 11.8 Å². The fourth-order valence-corrected chi connectivity index (χ4v) is 4.30. The molecule has 0 unspecified atom stereocenters. The molecule has 0 spiro atoms. The fourth-order valence-electron chi connectivity index (χ4n) is 3.49. The number of nitrogens with zero attached hydrogens (tertiary/aromatic N) is 4. The van der Waals surface area contributed by atoms with E-state index in [-0.39, 0.29) is 35.2 Å². The molecule has 0 fully saturated rings. The second kappa shape index (κ2) is 11.6. The number of nitro benzene ring substituents is 1. The summed E-state index contributed by atoms with van der Waals surface area (Å²) in [5, 5.41) is 26.0. The second-order valence-electron chi connectivity index (χ2n) is 8.24.